The van der Waals surface area contributed by atoms with Crippen LogP contribution in [0.5, 0.6) is 0 Å². The van der Waals surface area contributed by atoms with Crippen molar-refractivity contribution in [1.29, 1.82) is 0 Å². The van der Waals surface area contributed by atoms with Gasteiger partial charge in [-0.25, -0.2) is 0 Å². The van der Waals surface area contributed by atoms with Crippen molar-refractivity contribution < 1.29 is 14.3 Å². The van der Waals surface area contributed by atoms with Crippen molar-refractivity contribution >= 4 is 11.9 Å². The molecule has 1 amide bonds. The quantitative estimate of drug-likeness (QED) is 0.502. The van der Waals surface area contributed by atoms with E-state index in [1.165, 1.54) is 0 Å². The molecule has 19 heavy (non-hydrogen) atoms. The number of rotatable bonds is 8. The number of nitrogens with zero attached hydrogens (tertiary/aromatic N) is 1. The van der Waals surface area contributed by atoms with E-state index in [2.05, 4.69) is 13.8 Å². The van der Waals surface area contributed by atoms with E-state index in [1.807, 2.05) is 11.8 Å². The Labute approximate surface area is 116 Å². The topological polar surface area (TPSA) is 46.6 Å². The summed E-state index contributed by atoms with van der Waals surface area (Å²) >= 11 is 0. The maximum absolute atomic E-state index is 11.8. The molecule has 0 bridgehead atoms. The number of likely N-dealkylation sites (tertiary alicyclic amines) is 1. The third-order valence-corrected chi connectivity index (χ3v) is 3.80. The highest BCUT2D eigenvalue weighted by atomic mass is 16.5. The van der Waals surface area contributed by atoms with Crippen molar-refractivity contribution in [3.63, 3.8) is 0 Å². The maximum atomic E-state index is 11.8. The van der Waals surface area contributed by atoms with Crippen LogP contribution in [-0.2, 0) is 14.3 Å². The van der Waals surface area contributed by atoms with E-state index in [4.69, 9.17) is 4.74 Å². The molecule has 4 nitrogen and oxygen atoms in total. The van der Waals surface area contributed by atoms with Gasteiger partial charge in [-0.05, 0) is 31.6 Å². The van der Waals surface area contributed by atoms with Gasteiger partial charge >= 0.3 is 5.97 Å². The molecule has 0 N–H and O–H groups in total. The van der Waals surface area contributed by atoms with E-state index in [1.54, 1.807) is 0 Å². The van der Waals surface area contributed by atoms with Crippen LogP contribution in [0, 0.1) is 11.8 Å². The summed E-state index contributed by atoms with van der Waals surface area (Å²) in [6.07, 6.45) is 4.02. The van der Waals surface area contributed by atoms with Gasteiger partial charge in [-0.15, -0.1) is 0 Å². The Kier molecular flexibility index (Phi) is 6.89. The number of amides is 1. The molecule has 0 aromatic rings. The molecule has 1 saturated heterocycles. The van der Waals surface area contributed by atoms with Crippen LogP contribution in [0.4, 0.5) is 0 Å². The Hall–Kier alpha value is -1.06. The monoisotopic (exact) mass is 269 g/mol. The number of carbonyl (C=O) groups excluding carboxylic acids is 2. The van der Waals surface area contributed by atoms with Gasteiger partial charge in [-0.1, -0.05) is 20.3 Å². The van der Waals surface area contributed by atoms with Gasteiger partial charge in [0.05, 0.1) is 6.61 Å². The first kappa shape index (κ1) is 16.0. The molecule has 1 heterocycles. The Bertz CT molecular complexity index is 302. The lowest BCUT2D eigenvalue weighted by molar-refractivity contribution is -0.143. The fraction of sp³-hybridized carbons (Fsp3) is 0.867. The van der Waals surface area contributed by atoms with Gasteiger partial charge in [0.2, 0.25) is 5.91 Å². The van der Waals surface area contributed by atoms with Crippen LogP contribution in [0.25, 0.3) is 0 Å². The van der Waals surface area contributed by atoms with Crippen LogP contribution in [-0.4, -0.2) is 36.5 Å². The predicted molar refractivity (Wildman–Crippen MR) is 74.6 cm³/mol. The van der Waals surface area contributed by atoms with Crippen molar-refractivity contribution in [3.8, 4) is 0 Å². The zero-order valence-corrected chi connectivity index (χ0v) is 12.5. The number of hydrogen-bond donors (Lipinski definition) is 0. The molecule has 0 spiro atoms. The summed E-state index contributed by atoms with van der Waals surface area (Å²) in [5.74, 6) is 1.29. The zero-order chi connectivity index (χ0) is 14.3. The lowest BCUT2D eigenvalue weighted by Crippen LogP contribution is -2.26. The molecule has 0 aliphatic carbocycles. The molecular weight excluding hydrogens is 242 g/mol. The lowest BCUT2D eigenvalue weighted by atomic mass is 9.95. The smallest absolute Gasteiger partial charge is 0.305 e. The summed E-state index contributed by atoms with van der Waals surface area (Å²) in [6, 6.07) is 0. The standard InChI is InChI=1S/C15H27NO3/c1-4-19-15(18)8-6-5-7-9-16-11-13(12(2)3)10-14(16)17/h12-13H,4-11H2,1-3H3. The summed E-state index contributed by atoms with van der Waals surface area (Å²) in [7, 11) is 0. The SMILES string of the molecule is CCOC(=O)CCCCCN1CC(C(C)C)CC1=O. The number of hydrogen-bond acceptors (Lipinski definition) is 3. The average molecular weight is 269 g/mol. The number of carbonyl (C=O) groups is 2. The Balaban J connectivity index is 2.10. The maximum Gasteiger partial charge on any atom is 0.305 e. The normalized spacial score (nSPS) is 19.3. The van der Waals surface area contributed by atoms with Crippen LogP contribution < -0.4 is 0 Å². The molecule has 1 rings (SSSR count). The molecule has 0 aromatic carbocycles. The number of esters is 1. The summed E-state index contributed by atoms with van der Waals surface area (Å²) in [4.78, 5) is 24.9. The van der Waals surface area contributed by atoms with Crippen molar-refractivity contribution in [1.82, 2.24) is 4.90 Å². The van der Waals surface area contributed by atoms with Crippen LogP contribution in [0.15, 0.2) is 0 Å². The minimum absolute atomic E-state index is 0.111. The van der Waals surface area contributed by atoms with Crippen LogP contribution in [0.1, 0.15) is 52.9 Å². The van der Waals surface area contributed by atoms with E-state index in [0.717, 1.165) is 32.4 Å². The van der Waals surface area contributed by atoms with E-state index >= 15 is 0 Å². The molecular formula is C15H27NO3. The van der Waals surface area contributed by atoms with Gasteiger partial charge in [-0.3, -0.25) is 9.59 Å². The van der Waals surface area contributed by atoms with E-state index in [9.17, 15) is 9.59 Å². The first-order chi connectivity index (χ1) is 9.04. The molecule has 0 radical (unpaired) electrons. The average Bonchev–Trinajstić information content (AvgIpc) is 2.71. The third kappa shape index (κ3) is 5.62. The van der Waals surface area contributed by atoms with E-state index in [0.29, 0.717) is 37.2 Å². The van der Waals surface area contributed by atoms with Gasteiger partial charge in [0.1, 0.15) is 0 Å². The summed E-state index contributed by atoms with van der Waals surface area (Å²) in [5.41, 5.74) is 0. The Morgan fingerprint density at radius 2 is 2.11 bits per heavy atom. The van der Waals surface area contributed by atoms with Crippen molar-refractivity contribution in [2.24, 2.45) is 11.8 Å². The van der Waals surface area contributed by atoms with E-state index in [-0.39, 0.29) is 5.97 Å². The van der Waals surface area contributed by atoms with Gasteiger partial charge in [0, 0.05) is 25.9 Å². The molecule has 1 aliphatic heterocycles. The summed E-state index contributed by atoms with van der Waals surface area (Å²) < 4.78 is 4.88. The minimum Gasteiger partial charge on any atom is -0.466 e. The van der Waals surface area contributed by atoms with Crippen LogP contribution in [0.2, 0.25) is 0 Å². The first-order valence-electron chi connectivity index (χ1n) is 7.48. The Morgan fingerprint density at radius 3 is 2.68 bits per heavy atom. The molecule has 0 aromatic heterocycles. The second kappa shape index (κ2) is 8.18. The van der Waals surface area contributed by atoms with Gasteiger partial charge in [0.15, 0.2) is 0 Å². The number of unbranched alkanes of at least 4 members (excludes halogenated alkanes) is 2. The minimum atomic E-state index is -0.111. The largest absolute Gasteiger partial charge is 0.466 e. The van der Waals surface area contributed by atoms with Gasteiger partial charge < -0.3 is 9.64 Å². The lowest BCUT2D eigenvalue weighted by Gasteiger charge is -2.17. The highest BCUT2D eigenvalue weighted by Crippen LogP contribution is 2.24. The third-order valence-electron chi connectivity index (χ3n) is 3.80. The summed E-state index contributed by atoms with van der Waals surface area (Å²) in [5, 5.41) is 0. The highest BCUT2D eigenvalue weighted by Gasteiger charge is 2.30. The summed E-state index contributed by atoms with van der Waals surface area (Å²) in [6.45, 7) is 8.39. The van der Waals surface area contributed by atoms with Crippen LogP contribution in [0.3, 0.4) is 0 Å². The van der Waals surface area contributed by atoms with Crippen molar-refractivity contribution in [2.45, 2.75) is 52.9 Å². The van der Waals surface area contributed by atoms with Crippen molar-refractivity contribution in [2.75, 3.05) is 19.7 Å². The molecule has 1 fully saturated rings. The molecule has 1 unspecified atom stereocenters. The fourth-order valence-corrected chi connectivity index (χ4v) is 2.45. The second-order valence-corrected chi connectivity index (χ2v) is 5.66. The molecule has 1 atom stereocenters. The molecule has 110 valence electrons. The molecule has 1 aliphatic rings. The van der Waals surface area contributed by atoms with E-state index < -0.39 is 0 Å². The predicted octanol–water partition coefficient (Wildman–Crippen LogP) is 2.61. The first-order valence-corrected chi connectivity index (χ1v) is 7.48. The Morgan fingerprint density at radius 1 is 1.37 bits per heavy atom. The highest BCUT2D eigenvalue weighted by molar-refractivity contribution is 5.78. The molecule has 4 heteroatoms. The fourth-order valence-electron chi connectivity index (χ4n) is 2.45. The zero-order valence-electron chi connectivity index (χ0n) is 12.5. The second-order valence-electron chi connectivity index (χ2n) is 5.66. The van der Waals surface area contributed by atoms with Crippen molar-refractivity contribution in [3.05, 3.63) is 0 Å². The van der Waals surface area contributed by atoms with Crippen LogP contribution >= 0.6 is 0 Å². The van der Waals surface area contributed by atoms with Gasteiger partial charge in [0.25, 0.3) is 0 Å². The molecule has 0 saturated carbocycles. The number of ether oxygens (including phenoxy) is 1. The van der Waals surface area contributed by atoms with Gasteiger partial charge in [-0.2, -0.15) is 0 Å².